The lowest BCUT2D eigenvalue weighted by Gasteiger charge is -2.15. The molecule has 3 nitrogen and oxygen atoms in total. The third-order valence-corrected chi connectivity index (χ3v) is 3.62. The molecule has 0 radical (unpaired) electrons. The van der Waals surface area contributed by atoms with Crippen molar-refractivity contribution in [2.75, 3.05) is 13.1 Å². The van der Waals surface area contributed by atoms with Gasteiger partial charge < -0.3 is 5.11 Å². The summed E-state index contributed by atoms with van der Waals surface area (Å²) < 4.78 is 13.5. The third kappa shape index (κ3) is 3.04. The van der Waals surface area contributed by atoms with Gasteiger partial charge in [-0.15, -0.1) is 0 Å². The van der Waals surface area contributed by atoms with E-state index < -0.39 is 5.97 Å². The summed E-state index contributed by atoms with van der Waals surface area (Å²) in [6.07, 6.45) is 0.692. The van der Waals surface area contributed by atoms with Crippen LogP contribution in [0.1, 0.15) is 12.0 Å². The topological polar surface area (TPSA) is 40.5 Å². The van der Waals surface area contributed by atoms with E-state index in [0.29, 0.717) is 24.0 Å². The van der Waals surface area contributed by atoms with Gasteiger partial charge in [0.1, 0.15) is 5.82 Å². The second-order valence-electron chi connectivity index (χ2n) is 4.31. The van der Waals surface area contributed by atoms with Crippen molar-refractivity contribution in [3.63, 3.8) is 0 Å². The number of carboxylic acids is 1. The van der Waals surface area contributed by atoms with Crippen molar-refractivity contribution < 1.29 is 14.3 Å². The summed E-state index contributed by atoms with van der Waals surface area (Å²) in [5, 5.41) is 8.89. The normalized spacial score (nSPS) is 20.7. The molecular weight excluding hydrogens is 289 g/mol. The second-order valence-corrected chi connectivity index (χ2v) is 5.16. The maximum absolute atomic E-state index is 13.0. The van der Waals surface area contributed by atoms with Gasteiger partial charge in [0.15, 0.2) is 0 Å². The Kier molecular flexibility index (Phi) is 3.79. The van der Waals surface area contributed by atoms with Crippen LogP contribution < -0.4 is 0 Å². The van der Waals surface area contributed by atoms with E-state index in [1.165, 1.54) is 6.07 Å². The van der Waals surface area contributed by atoms with Gasteiger partial charge in [-0.05, 0) is 46.6 Å². The van der Waals surface area contributed by atoms with Gasteiger partial charge >= 0.3 is 5.97 Å². The molecule has 1 aromatic carbocycles. The molecule has 1 atom stereocenters. The van der Waals surface area contributed by atoms with Crippen LogP contribution in [0.15, 0.2) is 22.7 Å². The quantitative estimate of drug-likeness (QED) is 0.932. The fourth-order valence-electron chi connectivity index (χ4n) is 2.07. The standard InChI is InChI=1S/C12H13BrFNO2/c13-10-5-8(1-2-11(10)14)6-15-4-3-9(7-15)12(16)17/h1-2,5,9H,3-4,6-7H2,(H,16,17)/t9-/m0/s1. The molecule has 0 saturated carbocycles. The fraction of sp³-hybridized carbons (Fsp3) is 0.417. The molecule has 5 heteroatoms. The maximum Gasteiger partial charge on any atom is 0.307 e. The van der Waals surface area contributed by atoms with Crippen LogP contribution in [0.5, 0.6) is 0 Å². The summed E-state index contributed by atoms with van der Waals surface area (Å²) in [6.45, 7) is 2.03. The van der Waals surface area contributed by atoms with Crippen LogP contribution in [0.4, 0.5) is 4.39 Å². The summed E-state index contributed by atoms with van der Waals surface area (Å²) in [6, 6.07) is 4.89. The molecule has 0 aliphatic carbocycles. The molecule has 2 rings (SSSR count). The van der Waals surface area contributed by atoms with Crippen molar-refractivity contribution in [3.8, 4) is 0 Å². The number of hydrogen-bond donors (Lipinski definition) is 1. The monoisotopic (exact) mass is 301 g/mol. The average Bonchev–Trinajstić information content (AvgIpc) is 2.72. The van der Waals surface area contributed by atoms with Gasteiger partial charge in [0.2, 0.25) is 0 Å². The van der Waals surface area contributed by atoms with Crippen LogP contribution in [-0.2, 0) is 11.3 Å². The summed E-state index contributed by atoms with van der Waals surface area (Å²) in [5.41, 5.74) is 0.990. The third-order valence-electron chi connectivity index (χ3n) is 3.01. The highest BCUT2D eigenvalue weighted by Gasteiger charge is 2.27. The van der Waals surface area contributed by atoms with Gasteiger partial charge in [-0.25, -0.2) is 4.39 Å². The van der Waals surface area contributed by atoms with Gasteiger partial charge in [0.25, 0.3) is 0 Å². The van der Waals surface area contributed by atoms with E-state index in [-0.39, 0.29) is 11.7 Å². The van der Waals surface area contributed by atoms with Crippen LogP contribution in [0, 0.1) is 11.7 Å². The lowest BCUT2D eigenvalue weighted by Crippen LogP contribution is -2.22. The number of rotatable bonds is 3. The molecule has 0 aromatic heterocycles. The highest BCUT2D eigenvalue weighted by molar-refractivity contribution is 9.10. The first-order valence-corrected chi connectivity index (χ1v) is 6.24. The Morgan fingerprint density at radius 3 is 2.94 bits per heavy atom. The van der Waals surface area contributed by atoms with Crippen LogP contribution in [0.25, 0.3) is 0 Å². The summed E-state index contributed by atoms with van der Waals surface area (Å²) in [4.78, 5) is 12.9. The van der Waals surface area contributed by atoms with E-state index in [1.807, 2.05) is 0 Å². The molecule has 0 amide bonds. The molecular formula is C12H13BrFNO2. The number of benzene rings is 1. The molecule has 1 aliphatic rings. The molecule has 0 bridgehead atoms. The van der Waals surface area contributed by atoms with Gasteiger partial charge in [0, 0.05) is 13.1 Å². The predicted molar refractivity (Wildman–Crippen MR) is 65.1 cm³/mol. The molecule has 1 fully saturated rings. The smallest absolute Gasteiger partial charge is 0.307 e. The van der Waals surface area contributed by atoms with Gasteiger partial charge in [-0.3, -0.25) is 9.69 Å². The Hall–Kier alpha value is -0.940. The first-order chi connectivity index (χ1) is 8.06. The lowest BCUT2D eigenvalue weighted by molar-refractivity contribution is -0.141. The summed E-state index contributed by atoms with van der Waals surface area (Å²) in [5.74, 6) is -1.27. The number of halogens is 2. The van der Waals surface area contributed by atoms with E-state index >= 15 is 0 Å². The molecule has 1 saturated heterocycles. The van der Waals surface area contributed by atoms with Crippen molar-refractivity contribution >= 4 is 21.9 Å². The highest BCUT2D eigenvalue weighted by Crippen LogP contribution is 2.21. The number of carbonyl (C=O) groups is 1. The molecule has 1 aromatic rings. The average molecular weight is 302 g/mol. The van der Waals surface area contributed by atoms with Crippen molar-refractivity contribution in [1.29, 1.82) is 0 Å². The van der Waals surface area contributed by atoms with Crippen molar-refractivity contribution in [1.82, 2.24) is 4.90 Å². The Labute approximate surface area is 107 Å². The van der Waals surface area contributed by atoms with Crippen LogP contribution in [-0.4, -0.2) is 29.1 Å². The van der Waals surface area contributed by atoms with Gasteiger partial charge in [-0.2, -0.15) is 0 Å². The minimum atomic E-state index is -0.729. The number of aliphatic carboxylic acids is 1. The molecule has 1 heterocycles. The van der Waals surface area contributed by atoms with Crippen LogP contribution >= 0.6 is 15.9 Å². The molecule has 1 N–H and O–H groups in total. The Balaban J connectivity index is 1.98. The minimum Gasteiger partial charge on any atom is -0.481 e. The first kappa shape index (κ1) is 12.5. The number of carboxylic acid groups (broad SMARTS) is 1. The Bertz CT molecular complexity index is 439. The zero-order valence-electron chi connectivity index (χ0n) is 9.20. The molecule has 0 unspecified atom stereocenters. The summed E-state index contributed by atoms with van der Waals surface area (Å²) in [7, 11) is 0. The van der Waals surface area contributed by atoms with E-state index in [4.69, 9.17) is 5.11 Å². The zero-order valence-corrected chi connectivity index (χ0v) is 10.8. The van der Waals surface area contributed by atoms with Crippen LogP contribution in [0.3, 0.4) is 0 Å². The largest absolute Gasteiger partial charge is 0.481 e. The van der Waals surface area contributed by atoms with Gasteiger partial charge in [0.05, 0.1) is 10.4 Å². The number of hydrogen-bond acceptors (Lipinski definition) is 2. The molecule has 17 heavy (non-hydrogen) atoms. The van der Waals surface area contributed by atoms with E-state index in [9.17, 15) is 9.18 Å². The Morgan fingerprint density at radius 2 is 2.35 bits per heavy atom. The zero-order chi connectivity index (χ0) is 12.4. The number of likely N-dealkylation sites (tertiary alicyclic amines) is 1. The van der Waals surface area contributed by atoms with Crippen molar-refractivity contribution in [3.05, 3.63) is 34.1 Å². The SMILES string of the molecule is O=C(O)[C@H]1CCN(Cc2ccc(F)c(Br)c2)C1. The number of nitrogens with zero attached hydrogens (tertiary/aromatic N) is 1. The Morgan fingerprint density at radius 1 is 1.59 bits per heavy atom. The van der Waals surface area contributed by atoms with Crippen molar-refractivity contribution in [2.45, 2.75) is 13.0 Å². The second kappa shape index (κ2) is 5.14. The summed E-state index contributed by atoms with van der Waals surface area (Å²) >= 11 is 3.14. The lowest BCUT2D eigenvalue weighted by atomic mass is 10.1. The molecule has 92 valence electrons. The van der Waals surface area contributed by atoms with Gasteiger partial charge in [-0.1, -0.05) is 6.07 Å². The van der Waals surface area contributed by atoms with E-state index in [2.05, 4.69) is 20.8 Å². The molecule has 0 spiro atoms. The highest BCUT2D eigenvalue weighted by atomic mass is 79.9. The minimum absolute atomic E-state index is 0.265. The van der Waals surface area contributed by atoms with E-state index in [0.717, 1.165) is 12.1 Å². The van der Waals surface area contributed by atoms with E-state index in [1.54, 1.807) is 12.1 Å². The van der Waals surface area contributed by atoms with Crippen LogP contribution in [0.2, 0.25) is 0 Å². The predicted octanol–water partition coefficient (Wildman–Crippen LogP) is 2.49. The van der Waals surface area contributed by atoms with Crippen molar-refractivity contribution in [2.24, 2.45) is 5.92 Å². The fourth-order valence-corrected chi connectivity index (χ4v) is 2.50. The first-order valence-electron chi connectivity index (χ1n) is 5.45. The molecule has 1 aliphatic heterocycles. The maximum atomic E-state index is 13.0.